The second-order valence-corrected chi connectivity index (χ2v) is 12.5. The monoisotopic (exact) mass is 557 g/mol. The van der Waals surface area contributed by atoms with Crippen molar-refractivity contribution in [2.24, 2.45) is 5.73 Å². The maximum absolute atomic E-state index is 13.5. The number of rotatable bonds is 7. The van der Waals surface area contributed by atoms with Gasteiger partial charge in [0.25, 0.3) is 0 Å². The summed E-state index contributed by atoms with van der Waals surface area (Å²) in [6.45, 7) is 1.97. The van der Waals surface area contributed by atoms with Crippen LogP contribution in [-0.4, -0.2) is 48.4 Å². The Labute approximate surface area is 203 Å². The van der Waals surface area contributed by atoms with E-state index >= 15 is 0 Å². The van der Waals surface area contributed by atoms with Crippen LogP contribution in [0.3, 0.4) is 0 Å². The molecule has 0 radical (unpaired) electrons. The van der Waals surface area contributed by atoms with Crippen LogP contribution in [0.25, 0.3) is 0 Å². The Morgan fingerprint density at radius 1 is 1.21 bits per heavy atom. The van der Waals surface area contributed by atoms with Crippen LogP contribution in [0.15, 0.2) is 18.2 Å². The fourth-order valence-electron chi connectivity index (χ4n) is 4.62. The van der Waals surface area contributed by atoms with Gasteiger partial charge >= 0.3 is 204 Å². The topological polar surface area (TPSA) is 111 Å². The van der Waals surface area contributed by atoms with Crippen LogP contribution >= 0.6 is 11.6 Å². The number of carbonyl (C=O) groups excluding carboxylic acids is 4. The third-order valence-electron chi connectivity index (χ3n) is 6.18. The number of Topliss-reactive ketones (excluding diaryl/α,β-unsaturated/α-hetero) is 1. The van der Waals surface area contributed by atoms with Gasteiger partial charge in [-0.25, -0.2) is 0 Å². The van der Waals surface area contributed by atoms with E-state index in [0.29, 0.717) is 25.1 Å². The van der Waals surface area contributed by atoms with Crippen molar-refractivity contribution in [3.8, 4) is 0 Å². The van der Waals surface area contributed by atoms with Crippen LogP contribution in [0.5, 0.6) is 0 Å². The van der Waals surface area contributed by atoms with Crippen molar-refractivity contribution in [1.29, 1.82) is 0 Å². The van der Waals surface area contributed by atoms with Crippen molar-refractivity contribution in [1.82, 2.24) is 4.57 Å². The molecule has 1 unspecified atom stereocenters. The van der Waals surface area contributed by atoms with Crippen LogP contribution < -0.4 is 11.1 Å². The molecule has 1 fully saturated rings. The summed E-state index contributed by atoms with van der Waals surface area (Å²) in [6, 6.07) is 3.68. The normalized spacial score (nSPS) is 17.9. The van der Waals surface area contributed by atoms with E-state index in [1.807, 2.05) is 0 Å². The zero-order chi connectivity index (χ0) is 25.0. The number of halogens is 4. The van der Waals surface area contributed by atoms with Crippen molar-refractivity contribution in [2.45, 2.75) is 49.3 Å². The molecule has 0 bridgehead atoms. The average molecular weight is 558 g/mol. The summed E-state index contributed by atoms with van der Waals surface area (Å²) in [5.41, 5.74) is 6.57. The molecule has 1 aromatic heterocycles. The molecular weight excluding hydrogens is 538 g/mol. The molecule has 0 spiro atoms. The molecule has 2 aromatic rings. The molecule has 0 saturated heterocycles. The molecule has 180 valence electrons. The number of fused-ring (bicyclic) bond motifs is 1. The predicted molar refractivity (Wildman–Crippen MR) is 119 cm³/mol. The van der Waals surface area contributed by atoms with Gasteiger partial charge in [-0.3, -0.25) is 0 Å². The van der Waals surface area contributed by atoms with Gasteiger partial charge in [0.2, 0.25) is 0 Å². The summed E-state index contributed by atoms with van der Waals surface area (Å²) in [5.74, 6) is -6.17. The average Bonchev–Trinajstić information content (AvgIpc) is 3.27. The Hall–Kier alpha value is -2.58. The number of anilines is 1. The van der Waals surface area contributed by atoms with E-state index in [2.05, 4.69) is 5.32 Å². The number of ketones is 1. The van der Waals surface area contributed by atoms with E-state index in [9.17, 15) is 32.3 Å². The fraction of sp³-hybridized carbons (Fsp3) is 0.364. The SMILES string of the molecule is Cc1c(C(=O)C(=O)[AsH]C2(C(N)=O)CC(F)(F)C2)c2n(c1C(=O)Nc1ccc(F)c(Cl)c1)CCC2. The van der Waals surface area contributed by atoms with Crippen LogP contribution in [0.2, 0.25) is 9.23 Å². The molecule has 1 aromatic carbocycles. The molecule has 1 aliphatic carbocycles. The first kappa shape index (κ1) is 24.5. The molecule has 12 heteroatoms. The van der Waals surface area contributed by atoms with Crippen LogP contribution in [0.1, 0.15) is 51.4 Å². The standard InChI is InChI=1S/C22H20AsClF3N3O4/c1-10-15(17(31)18(32)23-21(20(28)34)8-22(26,27)9-21)14-3-2-6-30(14)16(10)19(33)29-11-4-5-13(25)12(24)7-11/h4-5,7,23H,2-3,6,8-9H2,1H3,(H2,28,34)(H,29,33). The van der Waals surface area contributed by atoms with E-state index in [0.717, 1.165) is 6.07 Å². The van der Waals surface area contributed by atoms with Crippen molar-refractivity contribution in [3.63, 3.8) is 0 Å². The summed E-state index contributed by atoms with van der Waals surface area (Å²) in [4.78, 5) is 50.9. The Morgan fingerprint density at radius 2 is 1.88 bits per heavy atom. The molecule has 2 heterocycles. The third-order valence-corrected chi connectivity index (χ3v) is 9.69. The number of hydrogen-bond donors (Lipinski definition) is 2. The number of nitrogens with one attached hydrogen (secondary N) is 1. The number of carbonyl (C=O) groups is 4. The van der Waals surface area contributed by atoms with Gasteiger partial charge in [-0.05, 0) is 0 Å². The molecule has 2 aliphatic rings. The van der Waals surface area contributed by atoms with Gasteiger partial charge in [0, 0.05) is 0 Å². The van der Waals surface area contributed by atoms with E-state index in [1.54, 1.807) is 4.57 Å². The van der Waals surface area contributed by atoms with Gasteiger partial charge in [-0.15, -0.1) is 0 Å². The minimum atomic E-state index is -3.08. The first-order valence-electron chi connectivity index (χ1n) is 10.4. The molecule has 3 N–H and O–H groups in total. The zero-order valence-corrected chi connectivity index (χ0v) is 20.8. The summed E-state index contributed by atoms with van der Waals surface area (Å²) >= 11 is 3.66. The molecular formula is C22H20AsClF3N3O4. The van der Waals surface area contributed by atoms with E-state index in [1.165, 1.54) is 19.1 Å². The van der Waals surface area contributed by atoms with Gasteiger partial charge in [0.05, 0.1) is 0 Å². The number of nitrogens with two attached hydrogens (primary N) is 1. The molecule has 4 rings (SSSR count). The maximum atomic E-state index is 13.5. The molecule has 7 nitrogen and oxygen atoms in total. The fourth-order valence-corrected chi connectivity index (χ4v) is 7.93. The number of hydrogen-bond acceptors (Lipinski definition) is 4. The molecule has 1 aliphatic heterocycles. The van der Waals surface area contributed by atoms with Gasteiger partial charge in [-0.1, -0.05) is 0 Å². The van der Waals surface area contributed by atoms with Crippen molar-refractivity contribution < 1.29 is 32.3 Å². The molecule has 1 saturated carbocycles. The minimum absolute atomic E-state index is 0.0687. The number of amides is 2. The Bertz CT molecular complexity index is 1250. The van der Waals surface area contributed by atoms with Crippen LogP contribution in [-0.2, 0) is 22.6 Å². The number of benzene rings is 1. The summed E-state index contributed by atoms with van der Waals surface area (Å²) in [7, 11) is 0. The molecule has 34 heavy (non-hydrogen) atoms. The number of primary amides is 1. The first-order valence-corrected chi connectivity index (χ1v) is 12.9. The van der Waals surface area contributed by atoms with E-state index < -0.39 is 66.7 Å². The van der Waals surface area contributed by atoms with Crippen LogP contribution in [0.4, 0.5) is 18.9 Å². The van der Waals surface area contributed by atoms with Gasteiger partial charge < -0.3 is 0 Å². The van der Waals surface area contributed by atoms with Gasteiger partial charge in [-0.2, -0.15) is 0 Å². The van der Waals surface area contributed by atoms with Crippen LogP contribution in [0, 0.1) is 12.7 Å². The quantitative estimate of drug-likeness (QED) is 0.310. The Kier molecular flexibility index (Phi) is 6.19. The Balaban J connectivity index is 1.62. The summed E-state index contributed by atoms with van der Waals surface area (Å²) in [6.07, 6.45) is -0.561. The molecule has 1 atom stereocenters. The second-order valence-electron chi connectivity index (χ2n) is 8.57. The number of alkyl halides is 2. The second kappa shape index (κ2) is 8.57. The third kappa shape index (κ3) is 4.18. The summed E-state index contributed by atoms with van der Waals surface area (Å²) < 4.78 is 39.5. The van der Waals surface area contributed by atoms with Crippen molar-refractivity contribution in [3.05, 3.63) is 51.6 Å². The van der Waals surface area contributed by atoms with Gasteiger partial charge in [0.15, 0.2) is 0 Å². The number of aromatic nitrogens is 1. The Morgan fingerprint density at radius 3 is 2.47 bits per heavy atom. The van der Waals surface area contributed by atoms with Gasteiger partial charge in [0.1, 0.15) is 0 Å². The van der Waals surface area contributed by atoms with E-state index in [4.69, 9.17) is 17.3 Å². The first-order chi connectivity index (χ1) is 15.8. The zero-order valence-electron chi connectivity index (χ0n) is 17.9. The molecule has 2 amide bonds. The van der Waals surface area contributed by atoms with E-state index in [-0.39, 0.29) is 27.5 Å². The van der Waals surface area contributed by atoms with Crippen molar-refractivity contribution >= 4 is 55.2 Å². The van der Waals surface area contributed by atoms with Crippen molar-refractivity contribution in [2.75, 3.05) is 5.32 Å². The number of nitrogens with zero attached hydrogens (tertiary/aromatic N) is 1. The summed E-state index contributed by atoms with van der Waals surface area (Å²) in [5, 5.41) is 2.44. The predicted octanol–water partition coefficient (Wildman–Crippen LogP) is 3.01.